The Hall–Kier alpha value is -4.89. The summed E-state index contributed by atoms with van der Waals surface area (Å²) in [5.74, 6) is -5.91. The molecule has 210 valence electrons. The van der Waals surface area contributed by atoms with Gasteiger partial charge in [0.25, 0.3) is 5.69 Å². The molecule has 39 heavy (non-hydrogen) atoms. The van der Waals surface area contributed by atoms with E-state index in [9.17, 15) is 38.9 Å². The molecule has 1 heterocycles. The molecule has 1 aromatic heterocycles. The minimum Gasteiger partial charge on any atom is -0.462 e. The van der Waals surface area contributed by atoms with Crippen LogP contribution in [0.1, 0.15) is 45.1 Å². The number of esters is 5. The van der Waals surface area contributed by atoms with Crippen LogP contribution in [-0.2, 0) is 47.7 Å². The molecule has 0 aliphatic heterocycles. The molecule has 0 radical (unpaired) electrons. The summed E-state index contributed by atoms with van der Waals surface area (Å²) in [6.07, 6.45) is -7.52. The number of H-pyrrole nitrogens is 1. The second-order valence-corrected chi connectivity index (χ2v) is 8.05. The number of aromatic amines is 1. The number of nitro benzene ring substituents is 1. The molecule has 0 amide bonds. The number of non-ortho nitro benzene ring substituents is 1. The van der Waals surface area contributed by atoms with Gasteiger partial charge < -0.3 is 23.7 Å². The lowest BCUT2D eigenvalue weighted by Gasteiger charge is -2.34. The van der Waals surface area contributed by atoms with Gasteiger partial charge in [0.05, 0.1) is 10.4 Å². The van der Waals surface area contributed by atoms with Crippen LogP contribution in [0, 0.1) is 10.1 Å². The molecular formula is C23H25N3O13. The van der Waals surface area contributed by atoms with Crippen LogP contribution in [-0.4, -0.2) is 81.8 Å². The quantitative estimate of drug-likeness (QED) is 0.128. The molecular weight excluding hydrogens is 526 g/mol. The van der Waals surface area contributed by atoms with Gasteiger partial charge in [0.1, 0.15) is 12.3 Å². The van der Waals surface area contributed by atoms with Gasteiger partial charge in [-0.25, -0.2) is 0 Å². The molecule has 2 aromatic rings. The molecule has 0 aliphatic carbocycles. The fourth-order valence-electron chi connectivity index (χ4n) is 3.53. The molecule has 2 rings (SSSR count). The lowest BCUT2D eigenvalue weighted by Crippen LogP contribution is -2.55. The Labute approximate surface area is 220 Å². The van der Waals surface area contributed by atoms with Gasteiger partial charge in [-0.2, -0.15) is 5.10 Å². The number of benzene rings is 1. The van der Waals surface area contributed by atoms with Crippen molar-refractivity contribution in [3.8, 4) is 0 Å². The number of hydrogen-bond donors (Lipinski definition) is 1. The molecule has 0 saturated heterocycles. The average Bonchev–Trinajstić information content (AvgIpc) is 3.24. The number of nitrogens with zero attached hydrogens (tertiary/aromatic N) is 2. The van der Waals surface area contributed by atoms with Gasteiger partial charge in [-0.15, -0.1) is 0 Å². The van der Waals surface area contributed by atoms with Crippen molar-refractivity contribution in [3.05, 3.63) is 34.0 Å². The van der Waals surface area contributed by atoms with Crippen LogP contribution < -0.4 is 0 Å². The zero-order valence-corrected chi connectivity index (χ0v) is 21.5. The van der Waals surface area contributed by atoms with Crippen molar-refractivity contribution in [3.63, 3.8) is 0 Å². The minimum atomic E-state index is -2.07. The predicted molar refractivity (Wildman–Crippen MR) is 126 cm³/mol. The van der Waals surface area contributed by atoms with Gasteiger partial charge in [0.15, 0.2) is 18.3 Å². The molecule has 1 aromatic carbocycles. The number of carbonyl (C=O) groups excluding carboxylic acids is 6. The summed E-state index contributed by atoms with van der Waals surface area (Å²) < 4.78 is 25.7. The van der Waals surface area contributed by atoms with E-state index in [0.717, 1.165) is 46.8 Å². The van der Waals surface area contributed by atoms with Crippen LogP contribution in [0.3, 0.4) is 0 Å². The highest BCUT2D eigenvalue weighted by atomic mass is 16.6. The highest BCUT2D eigenvalue weighted by Crippen LogP contribution is 2.27. The van der Waals surface area contributed by atoms with Crippen LogP contribution in [0.5, 0.6) is 0 Å². The molecule has 0 saturated carbocycles. The Morgan fingerprint density at radius 3 is 1.92 bits per heavy atom. The van der Waals surface area contributed by atoms with Gasteiger partial charge >= 0.3 is 29.8 Å². The van der Waals surface area contributed by atoms with Crippen molar-refractivity contribution in [2.75, 3.05) is 6.61 Å². The fraction of sp³-hybridized carbons (Fsp3) is 0.435. The highest BCUT2D eigenvalue weighted by Gasteiger charge is 2.47. The van der Waals surface area contributed by atoms with E-state index >= 15 is 0 Å². The van der Waals surface area contributed by atoms with Crippen molar-refractivity contribution in [2.24, 2.45) is 0 Å². The third-order valence-corrected chi connectivity index (χ3v) is 4.90. The van der Waals surface area contributed by atoms with Crippen molar-refractivity contribution >= 4 is 52.2 Å². The average molecular weight is 551 g/mol. The van der Waals surface area contributed by atoms with Crippen LogP contribution in [0.4, 0.5) is 5.69 Å². The first-order valence-electron chi connectivity index (χ1n) is 11.2. The van der Waals surface area contributed by atoms with E-state index in [-0.39, 0.29) is 16.6 Å². The lowest BCUT2D eigenvalue weighted by molar-refractivity contribution is -0.384. The van der Waals surface area contributed by atoms with Crippen LogP contribution in [0.25, 0.3) is 10.9 Å². The molecule has 0 fully saturated rings. The Balaban J connectivity index is 2.71. The molecule has 16 nitrogen and oxygen atoms in total. The normalized spacial score (nSPS) is 13.8. The van der Waals surface area contributed by atoms with Crippen LogP contribution >= 0.6 is 0 Å². The maximum absolute atomic E-state index is 13.7. The maximum Gasteiger partial charge on any atom is 0.303 e. The molecule has 16 heteroatoms. The summed E-state index contributed by atoms with van der Waals surface area (Å²) in [7, 11) is 0. The van der Waals surface area contributed by atoms with Crippen LogP contribution in [0.15, 0.2) is 18.2 Å². The number of nitro groups is 1. The number of rotatable bonds is 12. The Morgan fingerprint density at radius 2 is 1.41 bits per heavy atom. The van der Waals surface area contributed by atoms with Gasteiger partial charge in [-0.05, 0) is 6.07 Å². The summed E-state index contributed by atoms with van der Waals surface area (Å²) >= 11 is 0. The standard InChI is InChI=1S/C23H25N3O13/c1-10(27)35-9-18(36-11(2)28)21(37-12(3)29)23(39-14(5)31)22(38-13(4)30)20(32)19-16-8-15(26(33)34)6-7-17(16)24-25-19/h6-8,18,21-23H,9H2,1-5H3,(H,24,25)/t18-,21+,22+,23+/m1/s1. The topological polar surface area (TPSA) is 220 Å². The number of carbonyl (C=O) groups is 6. The summed E-state index contributed by atoms with van der Waals surface area (Å²) in [4.78, 5) is 83.6. The third-order valence-electron chi connectivity index (χ3n) is 4.90. The second-order valence-electron chi connectivity index (χ2n) is 8.05. The van der Waals surface area contributed by atoms with E-state index in [1.54, 1.807) is 0 Å². The van der Waals surface area contributed by atoms with E-state index in [0.29, 0.717) is 0 Å². The van der Waals surface area contributed by atoms with Crippen molar-refractivity contribution in [2.45, 2.75) is 59.0 Å². The lowest BCUT2D eigenvalue weighted by atomic mass is 9.96. The fourth-order valence-corrected chi connectivity index (χ4v) is 3.53. The smallest absolute Gasteiger partial charge is 0.303 e. The number of nitrogens with one attached hydrogen (secondary N) is 1. The monoisotopic (exact) mass is 551 g/mol. The van der Waals surface area contributed by atoms with E-state index in [1.165, 1.54) is 6.07 Å². The predicted octanol–water partition coefficient (Wildman–Crippen LogP) is 0.944. The first-order chi connectivity index (χ1) is 18.2. The first-order valence-corrected chi connectivity index (χ1v) is 11.2. The molecule has 0 spiro atoms. The molecule has 0 bridgehead atoms. The van der Waals surface area contributed by atoms with Crippen molar-refractivity contribution < 1.29 is 57.4 Å². The number of hydrogen-bond acceptors (Lipinski definition) is 14. The minimum absolute atomic E-state index is 0.0339. The summed E-state index contributed by atoms with van der Waals surface area (Å²) in [5, 5.41) is 17.6. The molecule has 0 unspecified atom stereocenters. The van der Waals surface area contributed by atoms with E-state index < -0.39 is 77.3 Å². The number of ketones is 1. The highest BCUT2D eigenvalue weighted by molar-refractivity contribution is 6.09. The van der Waals surface area contributed by atoms with E-state index in [2.05, 4.69) is 10.2 Å². The van der Waals surface area contributed by atoms with E-state index in [1.807, 2.05) is 0 Å². The summed E-state index contributed by atoms with van der Waals surface area (Å²) in [6.45, 7) is 4.15. The summed E-state index contributed by atoms with van der Waals surface area (Å²) in [6, 6.07) is 3.50. The maximum atomic E-state index is 13.7. The largest absolute Gasteiger partial charge is 0.462 e. The molecule has 4 atom stereocenters. The number of Topliss-reactive ketones (excluding diaryl/α,β-unsaturated/α-hetero) is 1. The van der Waals surface area contributed by atoms with Gasteiger partial charge in [-0.1, -0.05) is 0 Å². The SMILES string of the molecule is CC(=O)OC[C@@H](OC(C)=O)[C@H](OC(C)=O)[C@H](OC(C)=O)[C@@H](OC(C)=O)C(=O)c1n[nH]c2ccc([N+](=O)[O-])cc12. The Bertz CT molecular complexity index is 1300. The zero-order valence-electron chi connectivity index (χ0n) is 21.5. The van der Waals surface area contributed by atoms with Gasteiger partial charge in [0, 0.05) is 52.1 Å². The number of aromatic nitrogens is 2. The van der Waals surface area contributed by atoms with Crippen molar-refractivity contribution in [1.29, 1.82) is 0 Å². The number of fused-ring (bicyclic) bond motifs is 1. The first kappa shape index (κ1) is 30.3. The second kappa shape index (κ2) is 13.1. The third kappa shape index (κ3) is 8.31. The molecule has 1 N–H and O–H groups in total. The summed E-state index contributed by atoms with van der Waals surface area (Å²) in [5.41, 5.74) is -0.617. The van der Waals surface area contributed by atoms with Crippen LogP contribution in [0.2, 0.25) is 0 Å². The Kier molecular flexibility index (Phi) is 10.2. The molecule has 0 aliphatic rings. The van der Waals surface area contributed by atoms with E-state index in [4.69, 9.17) is 23.7 Å². The Morgan fingerprint density at radius 1 is 0.846 bits per heavy atom. The van der Waals surface area contributed by atoms with Gasteiger partial charge in [0.2, 0.25) is 11.9 Å². The van der Waals surface area contributed by atoms with Crippen molar-refractivity contribution in [1.82, 2.24) is 10.2 Å². The zero-order chi connectivity index (χ0) is 29.4. The van der Waals surface area contributed by atoms with Gasteiger partial charge in [-0.3, -0.25) is 44.0 Å². The number of ether oxygens (including phenoxy) is 5.